The minimum atomic E-state index is -0.304. The Morgan fingerprint density at radius 2 is 1.63 bits per heavy atom. The molecule has 0 N–H and O–H groups in total. The van der Waals surface area contributed by atoms with E-state index in [4.69, 9.17) is 0 Å². The molecule has 2 heterocycles. The van der Waals surface area contributed by atoms with Crippen LogP contribution in [0.3, 0.4) is 0 Å². The van der Waals surface area contributed by atoms with Crippen molar-refractivity contribution in [2.75, 3.05) is 0 Å². The fourth-order valence-corrected chi connectivity index (χ4v) is 2.70. The molecule has 0 fully saturated rings. The van der Waals surface area contributed by atoms with Crippen LogP contribution >= 0.6 is 0 Å². The zero-order chi connectivity index (χ0) is 13.7. The summed E-state index contributed by atoms with van der Waals surface area (Å²) in [5, 5.41) is 0.602. The van der Waals surface area contributed by atoms with Crippen molar-refractivity contribution in [3.05, 3.63) is 44.2 Å². The van der Waals surface area contributed by atoms with Crippen LogP contribution in [0.2, 0.25) is 0 Å². The predicted molar refractivity (Wildman–Crippen MR) is 76.1 cm³/mol. The molecule has 0 unspecified atom stereocenters. The van der Waals surface area contributed by atoms with Crippen LogP contribution in [0.15, 0.2) is 21.7 Å². The van der Waals surface area contributed by atoms with E-state index in [9.17, 15) is 9.59 Å². The summed E-state index contributed by atoms with van der Waals surface area (Å²) in [7, 11) is 5.08. The summed E-state index contributed by atoms with van der Waals surface area (Å²) in [5.74, 6) is 0. The summed E-state index contributed by atoms with van der Waals surface area (Å²) in [4.78, 5) is 24.4. The molecule has 0 bridgehead atoms. The summed E-state index contributed by atoms with van der Waals surface area (Å²) in [6, 6.07) is 0. The summed E-state index contributed by atoms with van der Waals surface area (Å²) in [5.41, 5.74) is 1.97. The van der Waals surface area contributed by atoms with Gasteiger partial charge in [-0.05, 0) is 12.5 Å². The topological polar surface area (TPSA) is 48.9 Å². The zero-order valence-corrected chi connectivity index (χ0v) is 11.2. The quantitative estimate of drug-likeness (QED) is 0.707. The van der Waals surface area contributed by atoms with Crippen molar-refractivity contribution in [2.24, 2.45) is 21.1 Å². The van der Waals surface area contributed by atoms with Gasteiger partial charge in [0, 0.05) is 32.4 Å². The first-order valence-corrected chi connectivity index (χ1v) is 6.15. The molecule has 0 saturated carbocycles. The zero-order valence-electron chi connectivity index (χ0n) is 11.2. The van der Waals surface area contributed by atoms with Crippen molar-refractivity contribution in [2.45, 2.75) is 6.42 Å². The Bertz CT molecular complexity index is 860. The van der Waals surface area contributed by atoms with E-state index in [0.717, 1.165) is 22.2 Å². The molecule has 2 aromatic heterocycles. The summed E-state index contributed by atoms with van der Waals surface area (Å²) < 4.78 is 4.58. The van der Waals surface area contributed by atoms with Crippen LogP contribution in [0, 0.1) is 0 Å². The van der Waals surface area contributed by atoms with Crippen molar-refractivity contribution in [1.82, 2.24) is 13.7 Å². The van der Waals surface area contributed by atoms with Gasteiger partial charge in [0.2, 0.25) is 0 Å². The maximum Gasteiger partial charge on any atom is 0.332 e. The van der Waals surface area contributed by atoms with Crippen LogP contribution in [-0.2, 0) is 21.1 Å². The van der Waals surface area contributed by atoms with E-state index in [1.807, 2.05) is 35.9 Å². The van der Waals surface area contributed by atoms with E-state index in [1.54, 1.807) is 7.05 Å². The van der Waals surface area contributed by atoms with Crippen molar-refractivity contribution in [3.8, 4) is 0 Å². The van der Waals surface area contributed by atoms with Gasteiger partial charge in [-0.1, -0.05) is 18.2 Å². The molecular formula is C14H15N3O2. The van der Waals surface area contributed by atoms with Crippen molar-refractivity contribution in [3.63, 3.8) is 0 Å². The number of aryl methyl sites for hydroxylation is 2. The molecule has 2 aromatic rings. The molecule has 1 aliphatic rings. The molecule has 1 aliphatic carbocycles. The van der Waals surface area contributed by atoms with E-state index in [-0.39, 0.29) is 11.2 Å². The minimum Gasteiger partial charge on any atom is -0.330 e. The Morgan fingerprint density at radius 3 is 2.37 bits per heavy atom. The molecule has 0 atom stereocenters. The minimum absolute atomic E-state index is 0.241. The molecule has 0 radical (unpaired) electrons. The first kappa shape index (κ1) is 11.8. The Morgan fingerprint density at radius 1 is 0.947 bits per heavy atom. The van der Waals surface area contributed by atoms with Gasteiger partial charge in [-0.25, -0.2) is 4.79 Å². The standard InChI is InChI=1S/C14H15N3O2/c1-15-10-8-6-4-5-7-9(10)11-12(15)16(2)14(19)17(3)13(11)18/h5-8H,4H2,1-3H3. The number of allylic oxidation sites excluding steroid dienone is 2. The average Bonchev–Trinajstić information content (AvgIpc) is 2.58. The van der Waals surface area contributed by atoms with Gasteiger partial charge < -0.3 is 4.57 Å². The van der Waals surface area contributed by atoms with Crippen LogP contribution in [0.25, 0.3) is 23.2 Å². The number of nitrogens with zero attached hydrogens (tertiary/aromatic N) is 3. The van der Waals surface area contributed by atoms with Gasteiger partial charge in [-0.3, -0.25) is 13.9 Å². The number of hydrogen-bond donors (Lipinski definition) is 0. The second-order valence-electron chi connectivity index (χ2n) is 4.80. The third-order valence-electron chi connectivity index (χ3n) is 3.69. The highest BCUT2D eigenvalue weighted by Crippen LogP contribution is 2.26. The van der Waals surface area contributed by atoms with E-state index in [1.165, 1.54) is 11.6 Å². The molecule has 0 spiro atoms. The molecule has 0 aromatic carbocycles. The normalized spacial score (nSPS) is 13.8. The molecular weight excluding hydrogens is 242 g/mol. The fraction of sp³-hybridized carbons (Fsp3) is 0.286. The fourth-order valence-electron chi connectivity index (χ4n) is 2.70. The van der Waals surface area contributed by atoms with E-state index in [2.05, 4.69) is 0 Å². The third kappa shape index (κ3) is 1.41. The lowest BCUT2D eigenvalue weighted by molar-refractivity contribution is 0.697. The first-order chi connectivity index (χ1) is 9.04. The van der Waals surface area contributed by atoms with Crippen molar-refractivity contribution < 1.29 is 0 Å². The number of hydrogen-bond acceptors (Lipinski definition) is 2. The lowest BCUT2D eigenvalue weighted by Crippen LogP contribution is -2.37. The second-order valence-corrected chi connectivity index (χ2v) is 4.80. The van der Waals surface area contributed by atoms with Crippen molar-refractivity contribution >= 4 is 23.2 Å². The van der Waals surface area contributed by atoms with Crippen LogP contribution in [0.5, 0.6) is 0 Å². The molecule has 0 amide bonds. The largest absolute Gasteiger partial charge is 0.332 e. The average molecular weight is 257 g/mol. The molecule has 5 heteroatoms. The maximum atomic E-state index is 12.4. The Balaban J connectivity index is 2.68. The molecule has 5 nitrogen and oxygen atoms in total. The summed E-state index contributed by atoms with van der Waals surface area (Å²) >= 11 is 0. The van der Waals surface area contributed by atoms with Gasteiger partial charge in [0.1, 0.15) is 5.65 Å². The van der Waals surface area contributed by atoms with E-state index < -0.39 is 0 Å². The van der Waals surface area contributed by atoms with Gasteiger partial charge in [0.25, 0.3) is 5.56 Å². The molecule has 98 valence electrons. The van der Waals surface area contributed by atoms with Gasteiger partial charge in [-0.15, -0.1) is 0 Å². The predicted octanol–water partition coefficient (Wildman–Crippen LogP) is 1.01. The van der Waals surface area contributed by atoms with E-state index in [0.29, 0.717) is 11.0 Å². The molecule has 0 aliphatic heterocycles. The van der Waals surface area contributed by atoms with Gasteiger partial charge in [0.05, 0.1) is 5.39 Å². The summed E-state index contributed by atoms with van der Waals surface area (Å²) in [6.07, 6.45) is 8.88. The second kappa shape index (κ2) is 3.85. The monoisotopic (exact) mass is 257 g/mol. The lowest BCUT2D eigenvalue weighted by atomic mass is 10.2. The highest BCUT2D eigenvalue weighted by atomic mass is 16.2. The van der Waals surface area contributed by atoms with Gasteiger partial charge >= 0.3 is 5.69 Å². The molecule has 19 heavy (non-hydrogen) atoms. The number of aromatic nitrogens is 3. The van der Waals surface area contributed by atoms with Crippen LogP contribution < -0.4 is 11.2 Å². The van der Waals surface area contributed by atoms with Gasteiger partial charge in [-0.2, -0.15) is 0 Å². The summed E-state index contributed by atoms with van der Waals surface area (Å²) in [6.45, 7) is 0. The number of rotatable bonds is 0. The Hall–Kier alpha value is -2.30. The lowest BCUT2D eigenvalue weighted by Gasteiger charge is -2.06. The maximum absolute atomic E-state index is 12.4. The highest BCUT2D eigenvalue weighted by Gasteiger charge is 2.19. The molecule has 0 saturated heterocycles. The van der Waals surface area contributed by atoms with Crippen molar-refractivity contribution in [1.29, 1.82) is 0 Å². The number of fused-ring (bicyclic) bond motifs is 3. The first-order valence-electron chi connectivity index (χ1n) is 6.15. The Kier molecular flexibility index (Phi) is 2.38. The van der Waals surface area contributed by atoms with E-state index >= 15 is 0 Å². The third-order valence-corrected chi connectivity index (χ3v) is 3.69. The highest BCUT2D eigenvalue weighted by molar-refractivity contribution is 5.92. The smallest absolute Gasteiger partial charge is 0.330 e. The molecule has 3 rings (SSSR count). The van der Waals surface area contributed by atoms with Gasteiger partial charge in [0.15, 0.2) is 0 Å². The van der Waals surface area contributed by atoms with Crippen LogP contribution in [-0.4, -0.2) is 13.7 Å². The van der Waals surface area contributed by atoms with Crippen LogP contribution in [0.4, 0.5) is 0 Å². The SMILES string of the molecule is Cn1c(=O)c2c3c(n(C)c2n(C)c1=O)C=CCC=C3. The Labute approximate surface area is 109 Å². The van der Waals surface area contributed by atoms with Crippen LogP contribution in [0.1, 0.15) is 17.7 Å².